The van der Waals surface area contributed by atoms with Crippen molar-refractivity contribution in [3.8, 4) is 0 Å². The van der Waals surface area contributed by atoms with E-state index in [-0.39, 0.29) is 11.8 Å². The second-order valence-electron chi connectivity index (χ2n) is 9.13. The van der Waals surface area contributed by atoms with Crippen LogP contribution in [0.5, 0.6) is 0 Å². The van der Waals surface area contributed by atoms with E-state index in [1.165, 1.54) is 5.75 Å². The van der Waals surface area contributed by atoms with Crippen molar-refractivity contribution in [3.63, 3.8) is 0 Å². The first kappa shape index (κ1) is 22.0. The molecular weight excluding hydrogens is 412 g/mol. The van der Waals surface area contributed by atoms with Crippen molar-refractivity contribution in [2.45, 2.75) is 45.9 Å². The van der Waals surface area contributed by atoms with E-state index in [0.29, 0.717) is 26.2 Å². The second-order valence-corrected chi connectivity index (χ2v) is 10.4. The van der Waals surface area contributed by atoms with Gasteiger partial charge in [0, 0.05) is 44.0 Å². The number of benzene rings is 1. The van der Waals surface area contributed by atoms with Gasteiger partial charge in [0.2, 0.25) is 0 Å². The molecule has 2 aliphatic rings. The Balaban J connectivity index is 1.60. The number of carbonyl (C=O) groups is 1. The molecule has 1 aromatic carbocycles. The highest BCUT2D eigenvalue weighted by Gasteiger charge is 2.26. The summed E-state index contributed by atoms with van der Waals surface area (Å²) in [4.78, 5) is 29.9. The van der Waals surface area contributed by atoms with Gasteiger partial charge in [-0.1, -0.05) is 12.1 Å². The molecule has 3 heterocycles. The van der Waals surface area contributed by atoms with Crippen LogP contribution in [-0.2, 0) is 11.4 Å². The van der Waals surface area contributed by atoms with Crippen molar-refractivity contribution in [2.24, 2.45) is 0 Å². The summed E-state index contributed by atoms with van der Waals surface area (Å²) >= 11 is 1.99. The molecular formula is C23H32N4O3S. The predicted octanol–water partition coefficient (Wildman–Crippen LogP) is 3.68. The Hall–Kier alpha value is -2.19. The molecule has 2 aromatic rings. The van der Waals surface area contributed by atoms with Crippen molar-refractivity contribution in [1.82, 2.24) is 18.9 Å². The van der Waals surface area contributed by atoms with E-state index in [1.54, 1.807) is 4.90 Å². The lowest BCUT2D eigenvalue weighted by Gasteiger charge is -2.29. The lowest BCUT2D eigenvalue weighted by molar-refractivity contribution is 0.0269. The van der Waals surface area contributed by atoms with Gasteiger partial charge in [0.05, 0.1) is 17.7 Å². The molecule has 1 aromatic heterocycles. The highest BCUT2D eigenvalue weighted by Crippen LogP contribution is 2.23. The zero-order valence-corrected chi connectivity index (χ0v) is 19.5. The molecule has 0 atom stereocenters. The van der Waals surface area contributed by atoms with Crippen LogP contribution in [0.3, 0.4) is 0 Å². The van der Waals surface area contributed by atoms with Crippen molar-refractivity contribution >= 4 is 34.6 Å². The minimum atomic E-state index is -0.517. The Bertz CT molecular complexity index is 1030. The molecule has 2 aliphatic heterocycles. The van der Waals surface area contributed by atoms with Crippen molar-refractivity contribution in [1.29, 1.82) is 0 Å². The summed E-state index contributed by atoms with van der Waals surface area (Å²) in [5, 5.41) is 0. The van der Waals surface area contributed by atoms with Gasteiger partial charge in [-0.3, -0.25) is 14.0 Å². The Kier molecular flexibility index (Phi) is 6.48. The Morgan fingerprint density at radius 3 is 2.58 bits per heavy atom. The van der Waals surface area contributed by atoms with Gasteiger partial charge in [-0.15, -0.1) is 0 Å². The summed E-state index contributed by atoms with van der Waals surface area (Å²) in [6.45, 7) is 9.23. The molecule has 0 N–H and O–H groups in total. The number of hydrogen-bond donors (Lipinski definition) is 0. The van der Waals surface area contributed by atoms with Gasteiger partial charge in [-0.25, -0.2) is 9.59 Å². The van der Waals surface area contributed by atoms with Gasteiger partial charge in [0.25, 0.3) is 0 Å². The van der Waals surface area contributed by atoms with Gasteiger partial charge in [0.15, 0.2) is 0 Å². The molecule has 8 heteroatoms. The van der Waals surface area contributed by atoms with Gasteiger partial charge >= 0.3 is 11.8 Å². The van der Waals surface area contributed by atoms with Gasteiger partial charge in [-0.2, -0.15) is 11.8 Å². The molecule has 0 aliphatic carbocycles. The first-order valence-corrected chi connectivity index (χ1v) is 12.2. The fraction of sp³-hybridized carbons (Fsp3) is 0.565. The monoisotopic (exact) mass is 444 g/mol. The van der Waals surface area contributed by atoms with Crippen LogP contribution in [0.2, 0.25) is 0 Å². The van der Waals surface area contributed by atoms with Crippen LogP contribution in [0.25, 0.3) is 16.7 Å². The van der Waals surface area contributed by atoms with Crippen molar-refractivity contribution < 1.29 is 9.53 Å². The summed E-state index contributed by atoms with van der Waals surface area (Å²) < 4.78 is 9.21. The predicted molar refractivity (Wildman–Crippen MR) is 126 cm³/mol. The molecule has 168 valence electrons. The second kappa shape index (κ2) is 9.12. The molecule has 0 unspecified atom stereocenters. The van der Waals surface area contributed by atoms with Crippen LogP contribution < -0.4 is 5.69 Å². The summed E-state index contributed by atoms with van der Waals surface area (Å²) in [6.07, 6.45) is 3.45. The highest BCUT2D eigenvalue weighted by atomic mass is 32.2. The average Bonchev–Trinajstić information content (AvgIpc) is 2.88. The normalized spacial score (nSPS) is 18.7. The number of carbonyl (C=O) groups excluding carboxylic acids is 1. The van der Waals surface area contributed by atoms with Crippen LogP contribution >= 0.6 is 11.8 Å². The molecule has 0 saturated carbocycles. The average molecular weight is 445 g/mol. The number of aromatic nitrogens is 2. The lowest BCUT2D eigenvalue weighted by atomic mass is 10.2. The molecule has 0 spiro atoms. The number of fused-ring (bicyclic) bond motifs is 1. The lowest BCUT2D eigenvalue weighted by Crippen LogP contribution is -2.40. The number of para-hydroxylation sites is 2. The molecule has 1 fully saturated rings. The zero-order valence-electron chi connectivity index (χ0n) is 18.7. The molecule has 1 amide bonds. The van der Waals surface area contributed by atoms with Crippen LogP contribution in [0.15, 0.2) is 35.1 Å². The number of ether oxygens (including phenoxy) is 1. The quantitative estimate of drug-likeness (QED) is 0.723. The first-order chi connectivity index (χ1) is 14.8. The van der Waals surface area contributed by atoms with Crippen LogP contribution in [0, 0.1) is 0 Å². The Morgan fingerprint density at radius 1 is 1.10 bits per heavy atom. The largest absolute Gasteiger partial charge is 0.444 e. The SMILES string of the molecule is CC(C)(C)OC(=O)N1CC=C(n2c(=O)n(CN3CCCSCC3)c3ccccc32)CC1. The van der Waals surface area contributed by atoms with E-state index in [9.17, 15) is 9.59 Å². The molecule has 31 heavy (non-hydrogen) atoms. The number of thioether (sulfide) groups is 1. The fourth-order valence-electron chi connectivity index (χ4n) is 4.12. The van der Waals surface area contributed by atoms with Gasteiger partial charge < -0.3 is 9.64 Å². The zero-order chi connectivity index (χ0) is 22.0. The summed E-state index contributed by atoms with van der Waals surface area (Å²) in [6, 6.07) is 7.99. The standard InChI is InChI=1S/C23H32N4O3S/c1-23(2,3)30-22(29)25-12-9-18(10-13-25)27-20-8-5-4-7-19(20)26(21(27)28)17-24-11-6-15-31-16-14-24/h4-5,7-9H,6,10-17H2,1-3H3. The number of imidazole rings is 1. The number of rotatable bonds is 3. The van der Waals surface area contributed by atoms with E-state index in [2.05, 4.69) is 4.90 Å². The third kappa shape index (κ3) is 5.01. The fourth-order valence-corrected chi connectivity index (χ4v) is 5.04. The number of amides is 1. The van der Waals surface area contributed by atoms with Gasteiger partial charge in [0.1, 0.15) is 5.60 Å². The molecule has 0 radical (unpaired) electrons. The molecule has 7 nitrogen and oxygen atoms in total. The summed E-state index contributed by atoms with van der Waals surface area (Å²) in [5.41, 5.74) is 2.31. The highest BCUT2D eigenvalue weighted by molar-refractivity contribution is 7.99. The minimum absolute atomic E-state index is 0.00457. The van der Waals surface area contributed by atoms with E-state index >= 15 is 0 Å². The van der Waals surface area contributed by atoms with Crippen LogP contribution in [-0.4, -0.2) is 68.3 Å². The van der Waals surface area contributed by atoms with Crippen LogP contribution in [0.1, 0.15) is 33.6 Å². The maximum absolute atomic E-state index is 13.5. The minimum Gasteiger partial charge on any atom is -0.444 e. The van der Waals surface area contributed by atoms with Crippen LogP contribution in [0.4, 0.5) is 4.79 Å². The molecule has 1 saturated heterocycles. The van der Waals surface area contributed by atoms with E-state index < -0.39 is 5.60 Å². The Morgan fingerprint density at radius 2 is 1.87 bits per heavy atom. The van der Waals surface area contributed by atoms with E-state index in [1.807, 2.05) is 72.0 Å². The van der Waals surface area contributed by atoms with Crippen molar-refractivity contribution in [2.75, 3.05) is 37.7 Å². The van der Waals surface area contributed by atoms with Gasteiger partial charge in [-0.05, 0) is 51.2 Å². The topological polar surface area (TPSA) is 59.7 Å². The first-order valence-electron chi connectivity index (χ1n) is 11.0. The third-order valence-corrected chi connectivity index (χ3v) is 6.66. The maximum Gasteiger partial charge on any atom is 0.410 e. The number of hydrogen-bond acceptors (Lipinski definition) is 5. The third-order valence-electron chi connectivity index (χ3n) is 5.62. The summed E-state index contributed by atoms with van der Waals surface area (Å²) in [5.74, 6) is 2.30. The summed E-state index contributed by atoms with van der Waals surface area (Å²) in [7, 11) is 0. The van der Waals surface area contributed by atoms with E-state index in [4.69, 9.17) is 4.74 Å². The Labute approximate surface area is 187 Å². The van der Waals surface area contributed by atoms with Crippen molar-refractivity contribution in [3.05, 3.63) is 40.8 Å². The van der Waals surface area contributed by atoms with E-state index in [0.717, 1.165) is 42.0 Å². The maximum atomic E-state index is 13.5. The molecule has 0 bridgehead atoms. The molecule has 4 rings (SSSR count). The smallest absolute Gasteiger partial charge is 0.410 e. The number of nitrogens with zero attached hydrogens (tertiary/aromatic N) is 4.